The Kier molecular flexibility index (Phi) is 5.39. The van der Waals surface area contributed by atoms with E-state index in [2.05, 4.69) is 27.5 Å². The Morgan fingerprint density at radius 1 is 1.42 bits per heavy atom. The standard InChI is InChI=1S/C22H23F2N5O2/c1-3-14(4-2)19-15(13-25)18-16(6-8-26-20(18)27-19)28-9-11-29(12-10-28)21(30)31-17-5-7-22(17,23)24/h3-4,6,8,17H,1,5,7,9-12H2,2H3,(H,26,27)/b14-4+/t17-/m0/s1. The number of rotatable bonds is 4. The molecule has 162 valence electrons. The number of nitrogens with one attached hydrogen (secondary N) is 1. The highest BCUT2D eigenvalue weighted by Crippen LogP contribution is 2.40. The molecule has 0 aromatic carbocycles. The third-order valence-electron chi connectivity index (χ3n) is 5.94. The van der Waals surface area contributed by atoms with Crippen LogP contribution >= 0.6 is 0 Å². The molecule has 2 aromatic rings. The summed E-state index contributed by atoms with van der Waals surface area (Å²) in [6.45, 7) is 7.33. The van der Waals surface area contributed by atoms with E-state index in [1.165, 1.54) is 4.90 Å². The van der Waals surface area contributed by atoms with Crippen molar-refractivity contribution in [3.63, 3.8) is 0 Å². The van der Waals surface area contributed by atoms with Crippen LogP contribution in [0.3, 0.4) is 0 Å². The van der Waals surface area contributed by atoms with Gasteiger partial charge in [-0.1, -0.05) is 18.7 Å². The monoisotopic (exact) mass is 427 g/mol. The smallest absolute Gasteiger partial charge is 0.410 e. The van der Waals surface area contributed by atoms with Gasteiger partial charge >= 0.3 is 6.09 Å². The number of aromatic nitrogens is 2. The first kappa shape index (κ1) is 20.8. The number of nitriles is 1. The lowest BCUT2D eigenvalue weighted by molar-refractivity contribution is -0.179. The number of fused-ring (bicyclic) bond motifs is 1. The van der Waals surface area contributed by atoms with Crippen molar-refractivity contribution in [3.8, 4) is 6.07 Å². The van der Waals surface area contributed by atoms with Crippen molar-refractivity contribution in [1.29, 1.82) is 5.26 Å². The maximum absolute atomic E-state index is 13.4. The molecule has 1 aliphatic heterocycles. The molecule has 1 aliphatic carbocycles. The normalized spacial score (nSPS) is 20.8. The summed E-state index contributed by atoms with van der Waals surface area (Å²) in [6, 6.07) is 4.11. The van der Waals surface area contributed by atoms with E-state index in [-0.39, 0.29) is 12.8 Å². The van der Waals surface area contributed by atoms with Crippen LogP contribution in [0.15, 0.2) is 31.0 Å². The predicted molar refractivity (Wildman–Crippen MR) is 113 cm³/mol. The van der Waals surface area contributed by atoms with Gasteiger partial charge in [0.25, 0.3) is 5.92 Å². The summed E-state index contributed by atoms with van der Waals surface area (Å²) in [7, 11) is 0. The fraction of sp³-hybridized carbons (Fsp3) is 0.409. The fourth-order valence-corrected chi connectivity index (χ4v) is 4.01. The molecule has 0 radical (unpaired) electrons. The molecule has 4 rings (SSSR count). The van der Waals surface area contributed by atoms with Gasteiger partial charge in [0, 0.05) is 38.8 Å². The van der Waals surface area contributed by atoms with Gasteiger partial charge in [-0.25, -0.2) is 18.6 Å². The Balaban J connectivity index is 1.53. The molecule has 0 unspecified atom stereocenters. The van der Waals surface area contributed by atoms with E-state index in [4.69, 9.17) is 4.74 Å². The van der Waals surface area contributed by atoms with Gasteiger partial charge in [-0.3, -0.25) is 0 Å². The highest BCUT2D eigenvalue weighted by Gasteiger charge is 2.51. The number of hydrogen-bond donors (Lipinski definition) is 1. The second kappa shape index (κ2) is 8.02. The number of carbonyl (C=O) groups is 1. The number of hydrogen-bond acceptors (Lipinski definition) is 5. The highest BCUT2D eigenvalue weighted by atomic mass is 19.3. The number of allylic oxidation sites excluding steroid dienone is 3. The van der Waals surface area contributed by atoms with Crippen LogP contribution < -0.4 is 4.90 Å². The van der Waals surface area contributed by atoms with Gasteiger partial charge < -0.3 is 19.5 Å². The number of carbonyl (C=O) groups excluding carboxylic acids is 1. The molecule has 31 heavy (non-hydrogen) atoms. The minimum atomic E-state index is -2.92. The van der Waals surface area contributed by atoms with Gasteiger partial charge in [0.2, 0.25) is 0 Å². The molecular formula is C22H23F2N5O2. The molecule has 0 spiro atoms. The van der Waals surface area contributed by atoms with E-state index in [9.17, 15) is 18.8 Å². The summed E-state index contributed by atoms with van der Waals surface area (Å²) in [5.41, 5.74) is 3.39. The first-order chi connectivity index (χ1) is 14.9. The molecule has 1 amide bonds. The predicted octanol–water partition coefficient (Wildman–Crippen LogP) is 4.08. The van der Waals surface area contributed by atoms with Crippen molar-refractivity contribution in [2.24, 2.45) is 0 Å². The maximum atomic E-state index is 13.4. The van der Waals surface area contributed by atoms with Gasteiger partial charge in [0.05, 0.1) is 22.3 Å². The van der Waals surface area contributed by atoms with Crippen LogP contribution in [0, 0.1) is 11.3 Å². The summed E-state index contributed by atoms with van der Waals surface area (Å²) in [6.07, 6.45) is 3.16. The van der Waals surface area contributed by atoms with Crippen molar-refractivity contribution in [1.82, 2.24) is 14.9 Å². The summed E-state index contributed by atoms with van der Waals surface area (Å²) >= 11 is 0. The van der Waals surface area contributed by atoms with Crippen molar-refractivity contribution in [2.75, 3.05) is 31.1 Å². The van der Waals surface area contributed by atoms with Crippen molar-refractivity contribution in [3.05, 3.63) is 42.3 Å². The van der Waals surface area contributed by atoms with Gasteiger partial charge in [-0.2, -0.15) is 5.26 Å². The van der Waals surface area contributed by atoms with Gasteiger partial charge in [0.15, 0.2) is 6.10 Å². The topological polar surface area (TPSA) is 85.2 Å². The Bertz CT molecular complexity index is 1090. The Morgan fingerprint density at radius 3 is 2.71 bits per heavy atom. The molecule has 9 heteroatoms. The lowest BCUT2D eigenvalue weighted by Crippen LogP contribution is -2.53. The SMILES string of the molecule is C=C/C(=C\C)c1[nH]c2nccc(N3CCN(C(=O)O[C@H]4CCC4(F)F)CC3)c2c1C#N. The zero-order valence-electron chi connectivity index (χ0n) is 17.2. The minimum absolute atomic E-state index is 0.194. The summed E-state index contributed by atoms with van der Waals surface area (Å²) < 4.78 is 31.8. The lowest BCUT2D eigenvalue weighted by Gasteiger charge is -2.39. The molecule has 7 nitrogen and oxygen atoms in total. The molecular weight excluding hydrogens is 404 g/mol. The van der Waals surface area contributed by atoms with Gasteiger partial charge in [0.1, 0.15) is 11.7 Å². The van der Waals surface area contributed by atoms with E-state index >= 15 is 0 Å². The Labute approximate surface area is 178 Å². The van der Waals surface area contributed by atoms with Crippen LogP contribution in [0.5, 0.6) is 0 Å². The first-order valence-corrected chi connectivity index (χ1v) is 10.2. The number of pyridine rings is 1. The van der Waals surface area contributed by atoms with Crippen LogP contribution in [0.25, 0.3) is 16.6 Å². The second-order valence-electron chi connectivity index (χ2n) is 7.63. The van der Waals surface area contributed by atoms with Crippen molar-refractivity contribution in [2.45, 2.75) is 31.8 Å². The second-order valence-corrected chi connectivity index (χ2v) is 7.63. The van der Waals surface area contributed by atoms with E-state index in [1.54, 1.807) is 12.3 Å². The number of ether oxygens (including phenoxy) is 1. The molecule has 0 bridgehead atoms. The average Bonchev–Trinajstić information content (AvgIpc) is 3.16. The molecule has 1 N–H and O–H groups in total. The molecule has 2 aliphatic rings. The number of halogens is 2. The molecule has 1 saturated carbocycles. The number of piperazine rings is 1. The number of H-pyrrole nitrogens is 1. The van der Waals surface area contributed by atoms with Crippen LogP contribution in [-0.2, 0) is 4.74 Å². The number of aromatic amines is 1. The van der Waals surface area contributed by atoms with Crippen LogP contribution in [0.4, 0.5) is 19.3 Å². The maximum Gasteiger partial charge on any atom is 0.410 e. The van der Waals surface area contributed by atoms with Crippen LogP contribution in [0.2, 0.25) is 0 Å². The van der Waals surface area contributed by atoms with Crippen molar-refractivity contribution < 1.29 is 18.3 Å². The average molecular weight is 427 g/mol. The number of alkyl halides is 2. The Hall–Kier alpha value is -3.41. The van der Waals surface area contributed by atoms with E-state index in [1.807, 2.05) is 19.1 Å². The summed E-state index contributed by atoms with van der Waals surface area (Å²) in [4.78, 5) is 23.4. The Morgan fingerprint density at radius 2 is 2.16 bits per heavy atom. The first-order valence-electron chi connectivity index (χ1n) is 10.2. The third-order valence-corrected chi connectivity index (χ3v) is 5.94. The quantitative estimate of drug-likeness (QED) is 0.743. The van der Waals surface area contributed by atoms with Gasteiger partial charge in [-0.15, -0.1) is 0 Å². The van der Waals surface area contributed by atoms with E-state index in [0.717, 1.165) is 11.3 Å². The summed E-state index contributed by atoms with van der Waals surface area (Å²) in [5, 5.41) is 10.5. The van der Waals surface area contributed by atoms with Crippen LogP contribution in [0.1, 0.15) is 31.0 Å². The number of nitrogens with zero attached hydrogens (tertiary/aromatic N) is 4. The molecule has 2 fully saturated rings. The molecule has 1 atom stereocenters. The number of amides is 1. The highest BCUT2D eigenvalue weighted by molar-refractivity contribution is 5.99. The summed E-state index contributed by atoms with van der Waals surface area (Å²) in [5.74, 6) is -2.92. The zero-order chi connectivity index (χ0) is 22.2. The van der Waals surface area contributed by atoms with Gasteiger partial charge in [-0.05, 0) is 25.0 Å². The number of anilines is 1. The van der Waals surface area contributed by atoms with E-state index in [0.29, 0.717) is 48.5 Å². The fourth-order valence-electron chi connectivity index (χ4n) is 4.01. The molecule has 1 saturated heterocycles. The zero-order valence-corrected chi connectivity index (χ0v) is 17.2. The third kappa shape index (κ3) is 3.63. The minimum Gasteiger partial charge on any atom is -0.440 e. The largest absolute Gasteiger partial charge is 0.440 e. The van der Waals surface area contributed by atoms with E-state index < -0.39 is 18.1 Å². The molecule has 3 heterocycles. The lowest BCUT2D eigenvalue weighted by atomic mass is 9.91. The van der Waals surface area contributed by atoms with Crippen LogP contribution in [-0.4, -0.2) is 59.2 Å². The molecule has 2 aromatic heterocycles. The van der Waals surface area contributed by atoms with Crippen molar-refractivity contribution >= 4 is 28.4 Å².